The summed E-state index contributed by atoms with van der Waals surface area (Å²) < 4.78 is 37.9. The van der Waals surface area contributed by atoms with Crippen molar-refractivity contribution in [3.63, 3.8) is 0 Å². The highest BCUT2D eigenvalue weighted by molar-refractivity contribution is 9.10. The molecule has 1 aromatic rings. The van der Waals surface area contributed by atoms with Gasteiger partial charge in [0.15, 0.2) is 5.78 Å². The number of benzene rings is 1. The van der Waals surface area contributed by atoms with Gasteiger partial charge < -0.3 is 0 Å². The molecule has 18 heavy (non-hydrogen) atoms. The fourth-order valence-electron chi connectivity index (χ4n) is 1.35. The Labute approximate surface area is 112 Å². The maximum Gasteiger partial charge on any atom is 0.416 e. The molecule has 0 aromatic heterocycles. The molecule has 0 saturated carbocycles. The molecule has 0 fully saturated rings. The summed E-state index contributed by atoms with van der Waals surface area (Å²) in [4.78, 5) is 11.8. The Hall–Kier alpha value is -1.28. The number of hydrogen-bond acceptors (Lipinski definition) is 1. The zero-order valence-corrected chi connectivity index (χ0v) is 11.2. The van der Waals surface area contributed by atoms with Crippen LogP contribution in [0.2, 0.25) is 0 Å². The Kier molecular flexibility index (Phi) is 4.97. The Morgan fingerprint density at radius 1 is 1.39 bits per heavy atom. The molecule has 0 bridgehead atoms. The van der Waals surface area contributed by atoms with Gasteiger partial charge in [0.2, 0.25) is 0 Å². The van der Waals surface area contributed by atoms with Crippen LogP contribution in [-0.4, -0.2) is 5.78 Å². The van der Waals surface area contributed by atoms with Crippen LogP contribution in [0.4, 0.5) is 13.2 Å². The number of alkyl halides is 3. The fourth-order valence-corrected chi connectivity index (χ4v) is 1.82. The van der Waals surface area contributed by atoms with Gasteiger partial charge in [0.05, 0.1) is 5.56 Å². The van der Waals surface area contributed by atoms with Crippen molar-refractivity contribution >= 4 is 21.7 Å². The number of carbonyl (C=O) groups is 1. The lowest BCUT2D eigenvalue weighted by molar-refractivity contribution is -0.137. The average molecular weight is 319 g/mol. The van der Waals surface area contributed by atoms with E-state index in [4.69, 9.17) is 0 Å². The van der Waals surface area contributed by atoms with Crippen LogP contribution in [0.3, 0.4) is 0 Å². The predicted octanol–water partition coefficient (Wildman–Crippen LogP) is 4.45. The molecule has 1 rings (SSSR count). The summed E-state index contributed by atoms with van der Waals surface area (Å²) in [5, 5.41) is 0. The van der Waals surface area contributed by atoms with Gasteiger partial charge in [-0.3, -0.25) is 4.79 Å². The van der Waals surface area contributed by atoms with Crippen molar-refractivity contribution in [3.8, 4) is 11.8 Å². The molecule has 0 saturated heterocycles. The molecule has 0 aliphatic rings. The molecule has 0 spiro atoms. The van der Waals surface area contributed by atoms with E-state index < -0.39 is 11.7 Å². The minimum atomic E-state index is -4.45. The molecule has 0 heterocycles. The summed E-state index contributed by atoms with van der Waals surface area (Å²) >= 11 is 3.08. The first kappa shape index (κ1) is 14.8. The van der Waals surface area contributed by atoms with E-state index in [0.29, 0.717) is 10.9 Å². The molecule has 0 amide bonds. The monoisotopic (exact) mass is 318 g/mol. The Morgan fingerprint density at radius 2 is 2.06 bits per heavy atom. The van der Waals surface area contributed by atoms with Crippen molar-refractivity contribution in [3.05, 3.63) is 33.8 Å². The van der Waals surface area contributed by atoms with Crippen LogP contribution < -0.4 is 0 Å². The maximum absolute atomic E-state index is 12.5. The highest BCUT2D eigenvalue weighted by atomic mass is 79.9. The maximum atomic E-state index is 12.5. The quantitative estimate of drug-likeness (QED) is 0.594. The highest BCUT2D eigenvalue weighted by Gasteiger charge is 2.31. The summed E-state index contributed by atoms with van der Waals surface area (Å²) in [5.41, 5.74) is -0.779. The Balaban J connectivity index is 2.99. The van der Waals surface area contributed by atoms with Crippen molar-refractivity contribution in [1.29, 1.82) is 0 Å². The second-order valence-electron chi connectivity index (χ2n) is 3.54. The summed E-state index contributed by atoms with van der Waals surface area (Å²) in [6.45, 7) is 1.64. The van der Waals surface area contributed by atoms with Crippen molar-refractivity contribution in [2.45, 2.75) is 25.9 Å². The van der Waals surface area contributed by atoms with Gasteiger partial charge in [-0.15, -0.1) is 11.8 Å². The summed E-state index contributed by atoms with van der Waals surface area (Å²) in [5.74, 6) is 4.98. The largest absolute Gasteiger partial charge is 0.416 e. The molecular formula is C13H10BrF3O. The van der Waals surface area contributed by atoms with Gasteiger partial charge in [0.25, 0.3) is 0 Å². The van der Waals surface area contributed by atoms with E-state index in [2.05, 4.69) is 27.8 Å². The number of carbonyl (C=O) groups excluding carboxylic acids is 1. The van der Waals surface area contributed by atoms with E-state index in [0.717, 1.165) is 12.1 Å². The van der Waals surface area contributed by atoms with E-state index in [1.165, 1.54) is 6.07 Å². The summed E-state index contributed by atoms with van der Waals surface area (Å²) in [6, 6.07) is 3.04. The lowest BCUT2D eigenvalue weighted by Gasteiger charge is -2.09. The van der Waals surface area contributed by atoms with Crippen molar-refractivity contribution in [2.24, 2.45) is 0 Å². The molecule has 1 nitrogen and oxygen atoms in total. The summed E-state index contributed by atoms with van der Waals surface area (Å²) in [6.07, 6.45) is -3.99. The molecule has 0 unspecified atom stereocenters. The molecule has 0 radical (unpaired) electrons. The second kappa shape index (κ2) is 6.05. The number of halogens is 4. The predicted molar refractivity (Wildman–Crippen MR) is 66.2 cm³/mol. The van der Waals surface area contributed by atoms with Crippen LogP contribution >= 0.6 is 15.9 Å². The van der Waals surface area contributed by atoms with Gasteiger partial charge in [-0.2, -0.15) is 13.2 Å². The van der Waals surface area contributed by atoms with E-state index >= 15 is 0 Å². The minimum Gasteiger partial charge on any atom is -0.294 e. The van der Waals surface area contributed by atoms with Gasteiger partial charge in [0.1, 0.15) is 0 Å². The smallest absolute Gasteiger partial charge is 0.294 e. The Bertz CT molecular complexity index is 509. The molecular weight excluding hydrogens is 309 g/mol. The first-order valence-electron chi connectivity index (χ1n) is 5.16. The van der Waals surface area contributed by atoms with E-state index in [1.54, 1.807) is 6.92 Å². The van der Waals surface area contributed by atoms with Gasteiger partial charge >= 0.3 is 6.18 Å². The van der Waals surface area contributed by atoms with E-state index in [9.17, 15) is 18.0 Å². The number of rotatable bonds is 3. The number of hydrogen-bond donors (Lipinski definition) is 0. The minimum absolute atomic E-state index is 0.0442. The third-order valence-corrected chi connectivity index (χ3v) is 2.94. The molecule has 1 aromatic carbocycles. The fraction of sp³-hybridized carbons (Fsp3) is 0.308. The molecule has 96 valence electrons. The number of Topliss-reactive ketones (excluding diaryl/α,β-unsaturated/α-hetero) is 1. The van der Waals surface area contributed by atoms with Gasteiger partial charge in [-0.1, -0.05) is 15.9 Å². The SMILES string of the molecule is CC#CCCC(=O)c1cc(C(F)(F)F)ccc1Br. The standard InChI is InChI=1S/C13H10BrF3O/c1-2-3-4-5-12(18)10-8-9(13(15,16)17)6-7-11(10)14/h6-8H,4-5H2,1H3. The third kappa shape index (κ3) is 3.88. The van der Waals surface area contributed by atoms with Crippen molar-refractivity contribution in [1.82, 2.24) is 0 Å². The van der Waals surface area contributed by atoms with Gasteiger partial charge in [0, 0.05) is 22.9 Å². The molecule has 0 atom stereocenters. The normalized spacial score (nSPS) is 10.7. The summed E-state index contributed by atoms with van der Waals surface area (Å²) in [7, 11) is 0. The zero-order chi connectivity index (χ0) is 13.8. The van der Waals surface area contributed by atoms with Crippen LogP contribution in [0.5, 0.6) is 0 Å². The van der Waals surface area contributed by atoms with Crippen molar-refractivity contribution in [2.75, 3.05) is 0 Å². The topological polar surface area (TPSA) is 17.1 Å². The highest BCUT2D eigenvalue weighted by Crippen LogP contribution is 2.32. The third-order valence-electron chi connectivity index (χ3n) is 2.25. The first-order valence-corrected chi connectivity index (χ1v) is 5.95. The molecule has 0 N–H and O–H groups in total. The van der Waals surface area contributed by atoms with Gasteiger partial charge in [-0.05, 0) is 25.1 Å². The van der Waals surface area contributed by atoms with Crippen molar-refractivity contribution < 1.29 is 18.0 Å². The second-order valence-corrected chi connectivity index (χ2v) is 4.40. The lowest BCUT2D eigenvalue weighted by atomic mass is 10.0. The van der Waals surface area contributed by atoms with Crippen LogP contribution in [-0.2, 0) is 6.18 Å². The first-order chi connectivity index (χ1) is 8.36. The van der Waals surface area contributed by atoms with Gasteiger partial charge in [-0.25, -0.2) is 0 Å². The van der Waals surface area contributed by atoms with Crippen LogP contribution in [0, 0.1) is 11.8 Å². The Morgan fingerprint density at radius 3 is 2.61 bits per heavy atom. The molecule has 0 aliphatic heterocycles. The lowest BCUT2D eigenvalue weighted by Crippen LogP contribution is -2.08. The van der Waals surface area contributed by atoms with E-state index in [1.807, 2.05) is 0 Å². The van der Waals surface area contributed by atoms with Crippen LogP contribution in [0.15, 0.2) is 22.7 Å². The number of ketones is 1. The van der Waals surface area contributed by atoms with Crippen LogP contribution in [0.25, 0.3) is 0 Å². The zero-order valence-electron chi connectivity index (χ0n) is 9.57. The molecule has 0 aliphatic carbocycles. The molecule has 5 heteroatoms. The van der Waals surface area contributed by atoms with Crippen LogP contribution in [0.1, 0.15) is 35.7 Å². The average Bonchev–Trinajstić information content (AvgIpc) is 2.28. The van der Waals surface area contributed by atoms with E-state index in [-0.39, 0.29) is 17.8 Å².